The molecule has 0 spiro atoms. The molecule has 5 rings (SSSR count). The van der Waals surface area contributed by atoms with Crippen LogP contribution in [0, 0.1) is 13.8 Å². The molecule has 0 fully saturated rings. The van der Waals surface area contributed by atoms with Gasteiger partial charge in [0.15, 0.2) is 5.65 Å². The van der Waals surface area contributed by atoms with Crippen LogP contribution in [0.4, 0.5) is 0 Å². The maximum Gasteiger partial charge on any atom is 0.253 e. The number of hydrogen-bond donors (Lipinski definition) is 3. The summed E-state index contributed by atoms with van der Waals surface area (Å²) in [6, 6.07) is 3.79. The first kappa shape index (κ1) is 21.7. The highest BCUT2D eigenvalue weighted by Gasteiger charge is 2.24. The lowest BCUT2D eigenvalue weighted by molar-refractivity contribution is 0.0952. The molecule has 4 heterocycles. The Hall–Kier alpha value is -4.08. The quantitative estimate of drug-likeness (QED) is 0.421. The molecule has 0 saturated heterocycles. The van der Waals surface area contributed by atoms with Crippen LogP contribution < -0.4 is 10.9 Å². The number of aryl methyl sites for hydroxylation is 2. The van der Waals surface area contributed by atoms with Crippen LogP contribution in [0.3, 0.4) is 0 Å². The summed E-state index contributed by atoms with van der Waals surface area (Å²) in [5.74, 6) is -0.329. The normalized spacial score (nSPS) is 15.1. The van der Waals surface area contributed by atoms with Gasteiger partial charge < -0.3 is 10.3 Å². The molecule has 0 aromatic carbocycles. The van der Waals surface area contributed by atoms with Crippen molar-refractivity contribution in [2.24, 2.45) is 0 Å². The summed E-state index contributed by atoms with van der Waals surface area (Å²) in [6.45, 7) is 7.88. The van der Waals surface area contributed by atoms with E-state index in [4.69, 9.17) is 4.98 Å². The highest BCUT2D eigenvalue weighted by molar-refractivity contribution is 6.05. The summed E-state index contributed by atoms with van der Waals surface area (Å²) in [5, 5.41) is 19.1. The average Bonchev–Trinajstić information content (AvgIpc) is 3.43. The monoisotopic (exact) mass is 458 g/mol. The van der Waals surface area contributed by atoms with Gasteiger partial charge in [-0.3, -0.25) is 9.59 Å². The van der Waals surface area contributed by atoms with Crippen molar-refractivity contribution in [1.82, 2.24) is 40.5 Å². The van der Waals surface area contributed by atoms with Crippen molar-refractivity contribution >= 4 is 23.0 Å². The predicted octanol–water partition coefficient (Wildman–Crippen LogP) is 2.72. The van der Waals surface area contributed by atoms with Gasteiger partial charge in [0.1, 0.15) is 5.69 Å². The topological polar surface area (TPSA) is 134 Å². The van der Waals surface area contributed by atoms with Crippen LogP contribution in [0.25, 0.3) is 17.1 Å². The Morgan fingerprint density at radius 2 is 2.09 bits per heavy atom. The molecular formula is C24H26N8O2. The predicted molar refractivity (Wildman–Crippen MR) is 127 cm³/mol. The summed E-state index contributed by atoms with van der Waals surface area (Å²) in [4.78, 5) is 33.4. The molecular weight excluding hydrogens is 432 g/mol. The number of nitrogens with one attached hydrogen (secondary N) is 3. The molecule has 174 valence electrons. The number of nitrogens with zero attached hydrogens (tertiary/aromatic N) is 5. The van der Waals surface area contributed by atoms with Gasteiger partial charge in [0.05, 0.1) is 28.5 Å². The Labute approximate surface area is 195 Å². The van der Waals surface area contributed by atoms with E-state index in [-0.39, 0.29) is 30.0 Å². The number of allylic oxidation sites excluding steroid dienone is 1. The van der Waals surface area contributed by atoms with E-state index < -0.39 is 0 Å². The first-order valence-electron chi connectivity index (χ1n) is 11.3. The van der Waals surface area contributed by atoms with Gasteiger partial charge in [-0.15, -0.1) is 0 Å². The number of aromatic nitrogens is 7. The molecule has 1 aliphatic carbocycles. The van der Waals surface area contributed by atoms with Crippen molar-refractivity contribution in [1.29, 1.82) is 0 Å². The lowest BCUT2D eigenvalue weighted by atomic mass is 9.92. The Morgan fingerprint density at radius 3 is 2.85 bits per heavy atom. The van der Waals surface area contributed by atoms with Crippen molar-refractivity contribution in [3.8, 4) is 0 Å². The molecule has 1 unspecified atom stereocenters. The first-order valence-corrected chi connectivity index (χ1v) is 11.3. The Balaban J connectivity index is 1.52. The SMILES string of the molecule is Cc1cc(C)c(CNC(=O)c2cc(C3C=Cc4n[nH]nc4C3)nc3c2cnn3C(C)C)c(=O)[nH]1. The number of fused-ring (bicyclic) bond motifs is 2. The second kappa shape index (κ2) is 8.36. The minimum atomic E-state index is -0.279. The van der Waals surface area contributed by atoms with Gasteiger partial charge in [0.2, 0.25) is 0 Å². The molecule has 34 heavy (non-hydrogen) atoms. The smallest absolute Gasteiger partial charge is 0.253 e. The summed E-state index contributed by atoms with van der Waals surface area (Å²) >= 11 is 0. The number of aromatic amines is 2. The highest BCUT2D eigenvalue weighted by atomic mass is 16.1. The van der Waals surface area contributed by atoms with Crippen LogP contribution in [0.1, 0.15) is 70.1 Å². The zero-order valence-corrected chi connectivity index (χ0v) is 19.5. The average molecular weight is 459 g/mol. The van der Waals surface area contributed by atoms with Gasteiger partial charge >= 0.3 is 0 Å². The van der Waals surface area contributed by atoms with E-state index >= 15 is 0 Å². The van der Waals surface area contributed by atoms with Crippen LogP contribution >= 0.6 is 0 Å². The van der Waals surface area contributed by atoms with E-state index in [2.05, 4.69) is 30.8 Å². The maximum absolute atomic E-state index is 13.4. The Morgan fingerprint density at radius 1 is 1.26 bits per heavy atom. The van der Waals surface area contributed by atoms with E-state index in [1.165, 1.54) is 0 Å². The van der Waals surface area contributed by atoms with E-state index in [0.29, 0.717) is 28.6 Å². The Bertz CT molecular complexity index is 1490. The molecule has 4 aromatic rings. The van der Waals surface area contributed by atoms with Crippen LogP contribution in [0.2, 0.25) is 0 Å². The third kappa shape index (κ3) is 3.81. The lowest BCUT2D eigenvalue weighted by Gasteiger charge is -2.17. The fourth-order valence-corrected chi connectivity index (χ4v) is 4.39. The van der Waals surface area contributed by atoms with Crippen molar-refractivity contribution in [2.75, 3.05) is 0 Å². The van der Waals surface area contributed by atoms with Gasteiger partial charge in [-0.1, -0.05) is 6.08 Å². The fourth-order valence-electron chi connectivity index (χ4n) is 4.39. The third-order valence-electron chi connectivity index (χ3n) is 6.17. The molecule has 3 N–H and O–H groups in total. The van der Waals surface area contributed by atoms with Crippen molar-refractivity contribution in [3.63, 3.8) is 0 Å². The van der Waals surface area contributed by atoms with Gasteiger partial charge in [0.25, 0.3) is 11.5 Å². The molecule has 1 atom stereocenters. The number of rotatable bonds is 5. The van der Waals surface area contributed by atoms with Gasteiger partial charge in [-0.2, -0.15) is 20.5 Å². The van der Waals surface area contributed by atoms with Crippen LogP contribution in [0.15, 0.2) is 29.2 Å². The number of amides is 1. The standard InChI is InChI=1S/C24H26N8O2/c1-12(2)32-22-18(11-26-32)16(23(33)25-10-17-13(3)7-14(4)27-24(17)34)9-20(28-22)15-5-6-19-21(8-15)30-31-29-19/h5-7,9,11-12,15H,8,10H2,1-4H3,(H,25,33)(H,27,34)(H,29,30,31). The molecule has 1 amide bonds. The second-order valence-electron chi connectivity index (χ2n) is 8.97. The number of carbonyl (C=O) groups excluding carboxylic acids is 1. The molecule has 4 aromatic heterocycles. The van der Waals surface area contributed by atoms with Crippen LogP contribution in [0.5, 0.6) is 0 Å². The van der Waals surface area contributed by atoms with Crippen molar-refractivity contribution < 1.29 is 4.79 Å². The Kier molecular flexibility index (Phi) is 5.35. The zero-order chi connectivity index (χ0) is 24.0. The van der Waals surface area contributed by atoms with Gasteiger partial charge in [-0.25, -0.2) is 9.67 Å². The number of hydrogen-bond acceptors (Lipinski definition) is 6. The molecule has 0 bridgehead atoms. The maximum atomic E-state index is 13.4. The fraction of sp³-hybridized carbons (Fsp3) is 0.333. The first-order chi connectivity index (χ1) is 16.3. The molecule has 10 nitrogen and oxygen atoms in total. The second-order valence-corrected chi connectivity index (χ2v) is 8.97. The minimum absolute atomic E-state index is 0.0498. The van der Waals surface area contributed by atoms with Gasteiger partial charge in [-0.05, 0) is 51.5 Å². The molecule has 10 heteroatoms. The van der Waals surface area contributed by atoms with Crippen LogP contribution in [-0.2, 0) is 13.0 Å². The number of H-pyrrole nitrogens is 2. The van der Waals surface area contributed by atoms with Crippen LogP contribution in [-0.4, -0.2) is 41.1 Å². The lowest BCUT2D eigenvalue weighted by Crippen LogP contribution is -2.28. The minimum Gasteiger partial charge on any atom is -0.348 e. The molecule has 0 radical (unpaired) electrons. The highest BCUT2D eigenvalue weighted by Crippen LogP contribution is 2.30. The van der Waals surface area contributed by atoms with Gasteiger partial charge in [0, 0.05) is 36.2 Å². The van der Waals surface area contributed by atoms with Crippen molar-refractivity contribution in [3.05, 3.63) is 74.2 Å². The van der Waals surface area contributed by atoms with E-state index in [9.17, 15) is 9.59 Å². The third-order valence-corrected chi connectivity index (χ3v) is 6.17. The number of pyridine rings is 2. The zero-order valence-electron chi connectivity index (χ0n) is 19.5. The summed E-state index contributed by atoms with van der Waals surface area (Å²) in [7, 11) is 0. The summed E-state index contributed by atoms with van der Waals surface area (Å²) < 4.78 is 1.82. The molecule has 0 saturated carbocycles. The number of carbonyl (C=O) groups is 1. The van der Waals surface area contributed by atoms with E-state index in [1.807, 2.05) is 56.7 Å². The van der Waals surface area contributed by atoms with E-state index in [0.717, 1.165) is 28.3 Å². The van der Waals surface area contributed by atoms with E-state index in [1.54, 1.807) is 6.20 Å². The largest absolute Gasteiger partial charge is 0.348 e. The molecule has 1 aliphatic rings. The summed E-state index contributed by atoms with van der Waals surface area (Å²) in [6.07, 6.45) is 6.27. The molecule has 0 aliphatic heterocycles. The summed E-state index contributed by atoms with van der Waals surface area (Å²) in [5.41, 5.74) is 5.55. The van der Waals surface area contributed by atoms with Crippen molar-refractivity contribution in [2.45, 2.75) is 52.6 Å².